The van der Waals surface area contributed by atoms with Gasteiger partial charge in [0.05, 0.1) is 11.6 Å². The van der Waals surface area contributed by atoms with Crippen molar-refractivity contribution in [3.05, 3.63) is 100 Å². The molecule has 1 atom stereocenters. The van der Waals surface area contributed by atoms with Gasteiger partial charge in [-0.25, -0.2) is 4.39 Å². The van der Waals surface area contributed by atoms with Gasteiger partial charge in [-0.3, -0.25) is 19.3 Å². The van der Waals surface area contributed by atoms with Gasteiger partial charge in [0.2, 0.25) is 5.91 Å². The number of rotatable bonds is 4. The number of halogens is 2. The van der Waals surface area contributed by atoms with Crippen molar-refractivity contribution in [1.82, 2.24) is 0 Å². The predicted octanol–water partition coefficient (Wildman–Crippen LogP) is 5.06. The second kappa shape index (κ2) is 8.88. The third-order valence-electron chi connectivity index (χ3n) is 5.21. The lowest BCUT2D eigenvalue weighted by Crippen LogP contribution is -2.29. The molecule has 3 aromatic carbocycles. The Labute approximate surface area is 193 Å². The summed E-state index contributed by atoms with van der Waals surface area (Å²) < 4.78 is 13.6. The molecular weight excluding hydrogens is 447 g/mol. The molecule has 0 radical (unpaired) electrons. The first-order chi connectivity index (χ1) is 15.8. The van der Waals surface area contributed by atoms with Gasteiger partial charge in [-0.05, 0) is 66.2 Å². The summed E-state index contributed by atoms with van der Waals surface area (Å²) in [5.41, 5.74) is 1.51. The van der Waals surface area contributed by atoms with Crippen LogP contribution in [0.1, 0.15) is 24.1 Å². The molecule has 1 aliphatic heterocycles. The van der Waals surface area contributed by atoms with E-state index in [0.29, 0.717) is 27.5 Å². The summed E-state index contributed by atoms with van der Waals surface area (Å²) in [6.45, 7) is 1.37. The first-order valence-corrected chi connectivity index (χ1v) is 10.3. The van der Waals surface area contributed by atoms with Gasteiger partial charge >= 0.3 is 0 Å². The molecule has 1 saturated heterocycles. The fraction of sp³-hybridized carbons (Fsp3) is 0.0800. The highest BCUT2D eigenvalue weighted by atomic mass is 35.5. The summed E-state index contributed by atoms with van der Waals surface area (Å²) in [5.74, 6) is -2.81. The molecule has 33 heavy (non-hydrogen) atoms. The van der Waals surface area contributed by atoms with E-state index in [1.54, 1.807) is 36.4 Å². The molecular formula is C25H18ClFN2O4. The maximum Gasteiger partial charge on any atom is 0.300 e. The molecule has 6 nitrogen and oxygen atoms in total. The Morgan fingerprint density at radius 1 is 0.970 bits per heavy atom. The maximum absolute atomic E-state index is 13.6. The molecule has 8 heteroatoms. The average molecular weight is 465 g/mol. The number of aliphatic hydroxyl groups is 1. The molecule has 1 fully saturated rings. The van der Waals surface area contributed by atoms with Crippen LogP contribution >= 0.6 is 11.6 Å². The van der Waals surface area contributed by atoms with Crippen LogP contribution in [-0.4, -0.2) is 22.7 Å². The Hall–Kier alpha value is -3.97. The van der Waals surface area contributed by atoms with Crippen molar-refractivity contribution in [2.45, 2.75) is 13.0 Å². The highest BCUT2D eigenvalue weighted by Crippen LogP contribution is 2.42. The summed E-state index contributed by atoms with van der Waals surface area (Å²) in [4.78, 5) is 38.7. The molecule has 0 unspecified atom stereocenters. The van der Waals surface area contributed by atoms with E-state index in [4.69, 9.17) is 11.6 Å². The van der Waals surface area contributed by atoms with Crippen molar-refractivity contribution in [1.29, 1.82) is 0 Å². The van der Waals surface area contributed by atoms with Crippen molar-refractivity contribution >= 4 is 46.3 Å². The molecule has 2 amide bonds. The molecule has 0 spiro atoms. The summed E-state index contributed by atoms with van der Waals surface area (Å²) >= 11 is 5.93. The number of anilines is 2. The molecule has 1 heterocycles. The highest BCUT2D eigenvalue weighted by molar-refractivity contribution is 6.51. The van der Waals surface area contributed by atoms with Crippen molar-refractivity contribution in [3.8, 4) is 0 Å². The molecule has 4 rings (SSSR count). The number of carbonyl (C=O) groups excluding carboxylic acids is 3. The van der Waals surface area contributed by atoms with Crippen LogP contribution in [0.3, 0.4) is 0 Å². The van der Waals surface area contributed by atoms with E-state index in [1.165, 1.54) is 48.2 Å². The predicted molar refractivity (Wildman–Crippen MR) is 123 cm³/mol. The topological polar surface area (TPSA) is 86.7 Å². The summed E-state index contributed by atoms with van der Waals surface area (Å²) in [6, 6.07) is 16.9. The number of nitrogens with zero attached hydrogens (tertiary/aromatic N) is 1. The number of aliphatic hydroxyl groups excluding tert-OH is 1. The zero-order valence-corrected chi connectivity index (χ0v) is 18.1. The Bertz CT molecular complexity index is 1270. The largest absolute Gasteiger partial charge is 0.507 e. The van der Waals surface area contributed by atoms with E-state index < -0.39 is 23.5 Å². The quantitative estimate of drug-likeness (QED) is 0.321. The van der Waals surface area contributed by atoms with Crippen LogP contribution in [-0.2, 0) is 14.4 Å². The highest BCUT2D eigenvalue weighted by Gasteiger charge is 2.46. The van der Waals surface area contributed by atoms with Gasteiger partial charge in [-0.15, -0.1) is 0 Å². The molecule has 0 bridgehead atoms. The van der Waals surface area contributed by atoms with Crippen LogP contribution in [0.4, 0.5) is 15.8 Å². The van der Waals surface area contributed by atoms with Gasteiger partial charge < -0.3 is 10.4 Å². The monoisotopic (exact) mass is 464 g/mol. The van der Waals surface area contributed by atoms with Gasteiger partial charge in [0.15, 0.2) is 0 Å². The summed E-state index contributed by atoms with van der Waals surface area (Å²) in [6.07, 6.45) is 0. The number of amides is 2. The minimum atomic E-state index is -0.993. The van der Waals surface area contributed by atoms with Crippen molar-refractivity contribution < 1.29 is 23.9 Å². The first kappa shape index (κ1) is 22.2. The van der Waals surface area contributed by atoms with Gasteiger partial charge in [0, 0.05) is 28.9 Å². The fourth-order valence-corrected chi connectivity index (χ4v) is 3.86. The normalized spacial score (nSPS) is 17.3. The number of hydrogen-bond donors (Lipinski definition) is 2. The number of nitrogens with one attached hydrogen (secondary N) is 1. The van der Waals surface area contributed by atoms with Gasteiger partial charge in [0.25, 0.3) is 11.7 Å². The van der Waals surface area contributed by atoms with Gasteiger partial charge in [-0.2, -0.15) is 0 Å². The number of hydrogen-bond acceptors (Lipinski definition) is 4. The second-order valence-electron chi connectivity index (χ2n) is 7.46. The van der Waals surface area contributed by atoms with Crippen LogP contribution < -0.4 is 10.2 Å². The Morgan fingerprint density at radius 2 is 1.58 bits per heavy atom. The smallest absolute Gasteiger partial charge is 0.300 e. The maximum atomic E-state index is 13.6. The lowest BCUT2D eigenvalue weighted by Gasteiger charge is -2.25. The SMILES string of the molecule is CC(=O)Nc1ccc(N2C(=O)C(=O)C(=C(O)c3ccc(Cl)cc3)[C@H]2c2ccc(F)cc2)cc1. The standard InChI is InChI=1S/C25H18ClFN2O4/c1-14(30)28-19-10-12-20(13-11-19)29-22(15-4-8-18(27)9-5-15)21(24(32)25(29)33)23(31)16-2-6-17(26)7-3-16/h2-13,22,31H,1H3,(H,28,30)/t22-/m1/s1. The molecule has 1 aliphatic rings. The summed E-state index contributed by atoms with van der Waals surface area (Å²) in [5, 5.41) is 14.1. The van der Waals surface area contributed by atoms with Gasteiger partial charge in [-0.1, -0.05) is 23.7 Å². The lowest BCUT2D eigenvalue weighted by molar-refractivity contribution is -0.132. The van der Waals surface area contributed by atoms with Crippen LogP contribution in [0.25, 0.3) is 5.76 Å². The minimum absolute atomic E-state index is 0.125. The van der Waals surface area contributed by atoms with E-state index in [9.17, 15) is 23.9 Å². The number of Topliss-reactive ketones (excluding diaryl/α,β-unsaturated/α-hetero) is 1. The molecule has 0 aliphatic carbocycles. The molecule has 0 aromatic heterocycles. The van der Waals surface area contributed by atoms with E-state index >= 15 is 0 Å². The van der Waals surface area contributed by atoms with Crippen molar-refractivity contribution in [2.24, 2.45) is 0 Å². The Kier molecular flexibility index (Phi) is 5.98. The number of ketones is 1. The van der Waals surface area contributed by atoms with Crippen LogP contribution in [0.2, 0.25) is 5.02 Å². The van der Waals surface area contributed by atoms with Crippen molar-refractivity contribution in [3.63, 3.8) is 0 Å². The van der Waals surface area contributed by atoms with Gasteiger partial charge in [0.1, 0.15) is 11.6 Å². The lowest BCUT2D eigenvalue weighted by atomic mass is 9.95. The zero-order chi connectivity index (χ0) is 23.7. The molecule has 2 N–H and O–H groups in total. The van der Waals surface area contributed by atoms with Crippen LogP contribution in [0, 0.1) is 5.82 Å². The van der Waals surface area contributed by atoms with E-state index in [1.807, 2.05) is 0 Å². The minimum Gasteiger partial charge on any atom is -0.507 e. The van der Waals surface area contributed by atoms with E-state index in [0.717, 1.165) is 0 Å². The van der Waals surface area contributed by atoms with E-state index in [2.05, 4.69) is 5.32 Å². The second-order valence-corrected chi connectivity index (χ2v) is 7.89. The van der Waals surface area contributed by atoms with Crippen LogP contribution in [0.5, 0.6) is 0 Å². The van der Waals surface area contributed by atoms with Crippen molar-refractivity contribution in [2.75, 3.05) is 10.2 Å². The first-order valence-electron chi connectivity index (χ1n) is 9.96. The van der Waals surface area contributed by atoms with Crippen LogP contribution in [0.15, 0.2) is 78.4 Å². The molecule has 3 aromatic rings. The fourth-order valence-electron chi connectivity index (χ4n) is 3.73. The Morgan fingerprint density at radius 3 is 2.15 bits per heavy atom. The number of benzene rings is 3. The summed E-state index contributed by atoms with van der Waals surface area (Å²) in [7, 11) is 0. The Balaban J connectivity index is 1.87. The third kappa shape index (κ3) is 4.36. The average Bonchev–Trinajstić information content (AvgIpc) is 3.05. The number of carbonyl (C=O) groups is 3. The third-order valence-corrected chi connectivity index (χ3v) is 5.47. The molecule has 166 valence electrons. The zero-order valence-electron chi connectivity index (χ0n) is 17.4. The van der Waals surface area contributed by atoms with E-state index in [-0.39, 0.29) is 17.2 Å². The molecule has 0 saturated carbocycles.